The maximum atomic E-state index is 3.30. The topological polar surface area (TPSA) is 19.0 Å². The molecule has 3 rings (SSSR count). The molecule has 76 valence electrons. The van der Waals surface area contributed by atoms with Gasteiger partial charge in [0.2, 0.25) is 0 Å². The van der Waals surface area contributed by atoms with Crippen molar-refractivity contribution in [3.63, 3.8) is 0 Å². The quantitative estimate of drug-likeness (QED) is 0.786. The molecule has 1 saturated heterocycles. The number of aromatic nitrogens is 1. The monoisotopic (exact) mass is 198 g/mol. The van der Waals surface area contributed by atoms with Gasteiger partial charge in [-0.05, 0) is 30.7 Å². The van der Waals surface area contributed by atoms with Crippen molar-refractivity contribution in [2.75, 3.05) is 11.4 Å². The fraction of sp³-hybridized carbons (Fsp3) is 0.231. The molecular weight excluding hydrogens is 184 g/mol. The average molecular weight is 198 g/mol. The molecule has 1 N–H and O–H groups in total. The van der Waals surface area contributed by atoms with E-state index in [9.17, 15) is 0 Å². The number of nitrogens with zero attached hydrogens (tertiary/aromatic N) is 1. The van der Waals surface area contributed by atoms with Crippen molar-refractivity contribution >= 4 is 5.69 Å². The van der Waals surface area contributed by atoms with Crippen molar-refractivity contribution < 1.29 is 0 Å². The Morgan fingerprint density at radius 1 is 1.07 bits per heavy atom. The predicted octanol–water partition coefficient (Wildman–Crippen LogP) is 2.97. The van der Waals surface area contributed by atoms with Crippen LogP contribution in [0.25, 0.3) is 0 Å². The molecule has 2 heterocycles. The van der Waals surface area contributed by atoms with E-state index in [0.29, 0.717) is 6.04 Å². The van der Waals surface area contributed by atoms with E-state index < -0.39 is 0 Å². The number of nitrogens with one attached hydrogen (secondary N) is 1. The second kappa shape index (κ2) is 3.46. The highest BCUT2D eigenvalue weighted by molar-refractivity contribution is 5.50. The van der Waals surface area contributed by atoms with Crippen LogP contribution in [0, 0.1) is 0 Å². The second-order valence-electron chi connectivity index (χ2n) is 3.96. The van der Waals surface area contributed by atoms with Crippen molar-refractivity contribution in [1.29, 1.82) is 0 Å². The van der Waals surface area contributed by atoms with Crippen LogP contribution in [0.2, 0.25) is 0 Å². The molecule has 2 nitrogen and oxygen atoms in total. The largest absolute Gasteiger partial charge is 0.363 e. The average Bonchev–Trinajstić information content (AvgIpc) is 2.71. The summed E-state index contributed by atoms with van der Waals surface area (Å²) in [6, 6.07) is 15.4. The van der Waals surface area contributed by atoms with E-state index in [1.165, 1.54) is 17.8 Å². The smallest absolute Gasteiger partial charge is 0.0708 e. The van der Waals surface area contributed by atoms with E-state index in [1.807, 2.05) is 6.20 Å². The van der Waals surface area contributed by atoms with Crippen LogP contribution >= 0.6 is 0 Å². The zero-order chi connectivity index (χ0) is 10.1. The van der Waals surface area contributed by atoms with Gasteiger partial charge in [0.25, 0.3) is 0 Å². The van der Waals surface area contributed by atoms with E-state index in [1.54, 1.807) is 0 Å². The first kappa shape index (κ1) is 8.60. The molecule has 1 aromatic heterocycles. The Hall–Kier alpha value is -1.70. The maximum Gasteiger partial charge on any atom is 0.0708 e. The van der Waals surface area contributed by atoms with E-state index >= 15 is 0 Å². The molecular formula is C13H14N2. The van der Waals surface area contributed by atoms with Crippen LogP contribution in [-0.2, 0) is 0 Å². The summed E-state index contributed by atoms with van der Waals surface area (Å²) < 4.78 is 0. The number of para-hydroxylation sites is 1. The minimum atomic E-state index is 0.544. The number of hydrogen-bond acceptors (Lipinski definition) is 1. The van der Waals surface area contributed by atoms with Gasteiger partial charge in [-0.25, -0.2) is 0 Å². The first-order valence-electron chi connectivity index (χ1n) is 5.40. The second-order valence-corrected chi connectivity index (χ2v) is 3.96. The molecule has 0 bridgehead atoms. The van der Waals surface area contributed by atoms with E-state index in [2.05, 4.69) is 52.3 Å². The Bertz CT molecular complexity index is 419. The highest BCUT2D eigenvalue weighted by atomic mass is 15.2. The maximum absolute atomic E-state index is 3.30. The van der Waals surface area contributed by atoms with Crippen molar-refractivity contribution in [3.05, 3.63) is 54.4 Å². The summed E-state index contributed by atoms with van der Waals surface area (Å²) in [5.41, 5.74) is 2.65. The van der Waals surface area contributed by atoms with Gasteiger partial charge >= 0.3 is 0 Å². The Morgan fingerprint density at radius 2 is 1.93 bits per heavy atom. The van der Waals surface area contributed by atoms with Crippen molar-refractivity contribution in [1.82, 2.24) is 4.98 Å². The molecule has 1 unspecified atom stereocenters. The van der Waals surface area contributed by atoms with Crippen LogP contribution in [0.1, 0.15) is 18.2 Å². The molecule has 2 aromatic rings. The Labute approximate surface area is 89.5 Å². The molecule has 2 heteroatoms. The van der Waals surface area contributed by atoms with Gasteiger partial charge in [0.1, 0.15) is 0 Å². The van der Waals surface area contributed by atoms with E-state index in [-0.39, 0.29) is 0 Å². The number of H-pyrrole nitrogens is 1. The molecule has 1 fully saturated rings. The number of anilines is 1. The third-order valence-electron chi connectivity index (χ3n) is 3.09. The van der Waals surface area contributed by atoms with Crippen molar-refractivity contribution in [2.45, 2.75) is 12.5 Å². The predicted molar refractivity (Wildman–Crippen MR) is 61.9 cm³/mol. The zero-order valence-corrected chi connectivity index (χ0v) is 8.56. The first-order valence-corrected chi connectivity index (χ1v) is 5.40. The summed E-state index contributed by atoms with van der Waals surface area (Å²) in [6.45, 7) is 1.16. The third kappa shape index (κ3) is 1.42. The summed E-state index contributed by atoms with van der Waals surface area (Å²) in [5, 5.41) is 0. The number of rotatable bonds is 2. The van der Waals surface area contributed by atoms with Gasteiger partial charge in [0.05, 0.1) is 6.04 Å². The number of hydrogen-bond donors (Lipinski definition) is 1. The lowest BCUT2D eigenvalue weighted by Gasteiger charge is -2.42. The van der Waals surface area contributed by atoms with E-state index in [0.717, 1.165) is 6.54 Å². The Balaban J connectivity index is 1.85. The van der Waals surface area contributed by atoms with Gasteiger partial charge in [-0.1, -0.05) is 18.2 Å². The molecule has 1 aliphatic rings. The van der Waals surface area contributed by atoms with Gasteiger partial charge in [0.15, 0.2) is 0 Å². The molecule has 0 spiro atoms. The van der Waals surface area contributed by atoms with Gasteiger partial charge in [-0.2, -0.15) is 0 Å². The van der Waals surface area contributed by atoms with Gasteiger partial charge in [-0.15, -0.1) is 0 Å². The normalized spacial score (nSPS) is 20.0. The SMILES string of the molecule is c1ccc(N2CCC2c2ccc[nH]2)cc1. The van der Waals surface area contributed by atoms with Gasteiger partial charge in [0, 0.05) is 24.1 Å². The standard InChI is InChI=1S/C13H14N2/c1-2-5-11(6-3-1)15-10-8-13(15)12-7-4-9-14-12/h1-7,9,13-14H,8,10H2. The minimum absolute atomic E-state index is 0.544. The summed E-state index contributed by atoms with van der Waals surface area (Å²) in [6.07, 6.45) is 3.24. The molecule has 1 aliphatic heterocycles. The van der Waals surface area contributed by atoms with E-state index in [4.69, 9.17) is 0 Å². The fourth-order valence-electron chi connectivity index (χ4n) is 2.19. The van der Waals surface area contributed by atoms with Crippen LogP contribution < -0.4 is 4.90 Å². The molecule has 0 aliphatic carbocycles. The molecule has 0 radical (unpaired) electrons. The lowest BCUT2D eigenvalue weighted by molar-refractivity contribution is 0.457. The van der Waals surface area contributed by atoms with Crippen LogP contribution in [0.4, 0.5) is 5.69 Å². The number of benzene rings is 1. The lowest BCUT2D eigenvalue weighted by Crippen LogP contribution is -2.41. The van der Waals surface area contributed by atoms with Crippen molar-refractivity contribution in [3.8, 4) is 0 Å². The Kier molecular flexibility index (Phi) is 1.98. The highest BCUT2D eigenvalue weighted by Gasteiger charge is 2.29. The lowest BCUT2D eigenvalue weighted by atomic mass is 9.98. The van der Waals surface area contributed by atoms with Crippen LogP contribution in [0.5, 0.6) is 0 Å². The highest BCUT2D eigenvalue weighted by Crippen LogP contribution is 2.36. The molecule has 15 heavy (non-hydrogen) atoms. The van der Waals surface area contributed by atoms with Crippen LogP contribution in [0.3, 0.4) is 0 Å². The van der Waals surface area contributed by atoms with Gasteiger partial charge < -0.3 is 9.88 Å². The molecule has 1 atom stereocenters. The fourth-order valence-corrected chi connectivity index (χ4v) is 2.19. The first-order chi connectivity index (χ1) is 7.45. The van der Waals surface area contributed by atoms with Crippen molar-refractivity contribution in [2.24, 2.45) is 0 Å². The number of aromatic amines is 1. The summed E-state index contributed by atoms with van der Waals surface area (Å²) in [7, 11) is 0. The third-order valence-corrected chi connectivity index (χ3v) is 3.09. The molecule has 1 aromatic carbocycles. The molecule has 0 saturated carbocycles. The zero-order valence-electron chi connectivity index (χ0n) is 8.56. The molecule has 0 amide bonds. The minimum Gasteiger partial charge on any atom is -0.363 e. The Morgan fingerprint density at radius 3 is 2.53 bits per heavy atom. The summed E-state index contributed by atoms with van der Waals surface area (Å²) in [5.74, 6) is 0. The summed E-state index contributed by atoms with van der Waals surface area (Å²) in [4.78, 5) is 5.73. The summed E-state index contributed by atoms with van der Waals surface area (Å²) >= 11 is 0. The van der Waals surface area contributed by atoms with Gasteiger partial charge in [-0.3, -0.25) is 0 Å². The van der Waals surface area contributed by atoms with Crippen LogP contribution in [-0.4, -0.2) is 11.5 Å². The van der Waals surface area contributed by atoms with Crippen LogP contribution in [0.15, 0.2) is 48.7 Å².